The lowest BCUT2D eigenvalue weighted by atomic mass is 10.1. The van der Waals surface area contributed by atoms with Gasteiger partial charge in [-0.25, -0.2) is 0 Å². The summed E-state index contributed by atoms with van der Waals surface area (Å²) in [7, 11) is 0. The fraction of sp³-hybridized carbons (Fsp3) is 0.300. The Morgan fingerprint density at radius 1 is 1.38 bits per heavy atom. The van der Waals surface area contributed by atoms with Crippen LogP contribution in [0.1, 0.15) is 11.1 Å². The van der Waals surface area contributed by atoms with E-state index >= 15 is 0 Å². The van der Waals surface area contributed by atoms with E-state index in [2.05, 4.69) is 0 Å². The van der Waals surface area contributed by atoms with Gasteiger partial charge in [-0.2, -0.15) is 18.4 Å². The van der Waals surface area contributed by atoms with E-state index in [4.69, 9.17) is 15.1 Å². The lowest BCUT2D eigenvalue weighted by molar-refractivity contribution is -0.139. The smallest absolute Gasteiger partial charge is 0.420 e. The molecule has 0 heterocycles. The first-order valence-electron chi connectivity index (χ1n) is 4.34. The van der Waals surface area contributed by atoms with Crippen LogP contribution in [0.2, 0.25) is 0 Å². The maximum Gasteiger partial charge on any atom is 0.420 e. The van der Waals surface area contributed by atoms with Gasteiger partial charge in [-0.1, -0.05) is 0 Å². The van der Waals surface area contributed by atoms with Gasteiger partial charge in [-0.3, -0.25) is 0 Å². The number of alkyl halides is 3. The molecule has 6 heteroatoms. The Morgan fingerprint density at radius 3 is 2.56 bits per heavy atom. The first-order chi connectivity index (χ1) is 7.49. The average molecular weight is 231 g/mol. The van der Waals surface area contributed by atoms with E-state index in [-0.39, 0.29) is 24.5 Å². The van der Waals surface area contributed by atoms with Gasteiger partial charge in [0.15, 0.2) is 0 Å². The summed E-state index contributed by atoms with van der Waals surface area (Å²) < 4.78 is 42.4. The molecule has 0 aliphatic rings. The van der Waals surface area contributed by atoms with Crippen molar-refractivity contribution in [3.05, 3.63) is 29.3 Å². The van der Waals surface area contributed by atoms with Crippen molar-refractivity contribution in [2.45, 2.75) is 6.18 Å². The number of nitrogens with zero attached hydrogens (tertiary/aromatic N) is 1. The van der Waals surface area contributed by atoms with Gasteiger partial charge in [-0.05, 0) is 18.2 Å². The monoisotopic (exact) mass is 231 g/mol. The van der Waals surface area contributed by atoms with Crippen LogP contribution in [-0.4, -0.2) is 18.3 Å². The van der Waals surface area contributed by atoms with Crippen LogP contribution in [0.3, 0.4) is 0 Å². The molecule has 0 aliphatic heterocycles. The molecule has 1 aromatic carbocycles. The number of halogens is 3. The largest absolute Gasteiger partial charge is 0.491 e. The van der Waals surface area contributed by atoms with Crippen molar-refractivity contribution in [2.75, 3.05) is 13.2 Å². The van der Waals surface area contributed by atoms with Gasteiger partial charge in [-0.15, -0.1) is 0 Å². The molecule has 0 radical (unpaired) electrons. The van der Waals surface area contributed by atoms with E-state index in [0.29, 0.717) is 6.07 Å². The van der Waals surface area contributed by atoms with E-state index in [1.54, 1.807) is 6.07 Å². The molecule has 1 rings (SSSR count). The maximum atomic E-state index is 12.5. The topological polar surface area (TPSA) is 53.2 Å². The van der Waals surface area contributed by atoms with Crippen molar-refractivity contribution in [3.63, 3.8) is 0 Å². The molecule has 86 valence electrons. The lowest BCUT2D eigenvalue weighted by Crippen LogP contribution is -2.11. The predicted molar refractivity (Wildman–Crippen MR) is 48.7 cm³/mol. The molecule has 0 aromatic heterocycles. The van der Waals surface area contributed by atoms with Crippen molar-refractivity contribution in [2.24, 2.45) is 0 Å². The molecule has 0 bridgehead atoms. The van der Waals surface area contributed by atoms with Crippen LogP contribution in [0.25, 0.3) is 0 Å². The van der Waals surface area contributed by atoms with E-state index < -0.39 is 11.7 Å². The molecule has 0 saturated carbocycles. The van der Waals surface area contributed by atoms with Crippen LogP contribution < -0.4 is 4.74 Å². The molecule has 0 aliphatic carbocycles. The number of aliphatic hydroxyl groups excluding tert-OH is 1. The van der Waals surface area contributed by atoms with Crippen molar-refractivity contribution < 1.29 is 23.0 Å². The SMILES string of the molecule is N#Cc1ccc(OCCO)c(C(F)(F)F)c1. The standard InChI is InChI=1S/C10H8F3NO2/c11-10(12,13)8-5-7(6-14)1-2-9(8)16-4-3-15/h1-2,5,15H,3-4H2. The third-order valence-corrected chi connectivity index (χ3v) is 1.76. The van der Waals surface area contributed by atoms with Crippen molar-refractivity contribution in [1.29, 1.82) is 5.26 Å². The Hall–Kier alpha value is -1.74. The Kier molecular flexibility index (Phi) is 3.74. The third-order valence-electron chi connectivity index (χ3n) is 1.76. The summed E-state index contributed by atoms with van der Waals surface area (Å²) in [4.78, 5) is 0. The summed E-state index contributed by atoms with van der Waals surface area (Å²) in [6.45, 7) is -0.605. The van der Waals surface area contributed by atoms with E-state index in [1.807, 2.05) is 0 Å². The van der Waals surface area contributed by atoms with Crippen molar-refractivity contribution in [1.82, 2.24) is 0 Å². The predicted octanol–water partition coefficient (Wildman–Crippen LogP) is 1.95. The number of rotatable bonds is 3. The van der Waals surface area contributed by atoms with Crippen LogP contribution in [0.5, 0.6) is 5.75 Å². The zero-order chi connectivity index (χ0) is 12.2. The quantitative estimate of drug-likeness (QED) is 0.864. The molecule has 3 nitrogen and oxygen atoms in total. The first-order valence-corrected chi connectivity index (χ1v) is 4.34. The van der Waals surface area contributed by atoms with Crippen LogP contribution in [0.4, 0.5) is 13.2 Å². The fourth-order valence-electron chi connectivity index (χ4n) is 1.10. The second kappa shape index (κ2) is 4.86. The summed E-state index contributed by atoms with van der Waals surface area (Å²) in [5.41, 5.74) is -1.11. The fourth-order valence-corrected chi connectivity index (χ4v) is 1.10. The highest BCUT2D eigenvalue weighted by molar-refractivity contribution is 5.43. The molecular formula is C10H8F3NO2. The third kappa shape index (κ3) is 2.87. The summed E-state index contributed by atoms with van der Waals surface area (Å²) in [6.07, 6.45) is -4.59. The summed E-state index contributed by atoms with van der Waals surface area (Å²) in [6, 6.07) is 4.62. The molecule has 0 unspecified atom stereocenters. The number of benzene rings is 1. The zero-order valence-corrected chi connectivity index (χ0v) is 8.08. The van der Waals surface area contributed by atoms with Gasteiger partial charge in [0.1, 0.15) is 12.4 Å². The van der Waals surface area contributed by atoms with Gasteiger partial charge in [0, 0.05) is 0 Å². The second-order valence-corrected chi connectivity index (χ2v) is 2.89. The summed E-state index contributed by atoms with van der Waals surface area (Å²) >= 11 is 0. The molecule has 0 spiro atoms. The minimum absolute atomic E-state index is 0.0938. The Bertz CT molecular complexity index is 410. The minimum Gasteiger partial charge on any atom is -0.491 e. The summed E-state index contributed by atoms with van der Waals surface area (Å²) in [5.74, 6) is -0.388. The Balaban J connectivity index is 3.13. The van der Waals surface area contributed by atoms with Gasteiger partial charge >= 0.3 is 6.18 Å². The second-order valence-electron chi connectivity index (χ2n) is 2.89. The van der Waals surface area contributed by atoms with Crippen LogP contribution in [-0.2, 0) is 6.18 Å². The Labute approximate surface area is 89.7 Å². The molecule has 0 atom stereocenters. The van der Waals surface area contributed by atoms with E-state index in [0.717, 1.165) is 6.07 Å². The maximum absolute atomic E-state index is 12.5. The molecule has 0 fully saturated rings. The van der Waals surface area contributed by atoms with E-state index in [9.17, 15) is 13.2 Å². The number of nitriles is 1. The Morgan fingerprint density at radius 2 is 2.06 bits per heavy atom. The van der Waals surface area contributed by atoms with E-state index in [1.165, 1.54) is 6.07 Å². The zero-order valence-electron chi connectivity index (χ0n) is 8.08. The highest BCUT2D eigenvalue weighted by Gasteiger charge is 2.34. The van der Waals surface area contributed by atoms with Crippen LogP contribution >= 0.6 is 0 Å². The average Bonchev–Trinajstić information content (AvgIpc) is 2.25. The highest BCUT2D eigenvalue weighted by atomic mass is 19.4. The van der Waals surface area contributed by atoms with Gasteiger partial charge in [0.2, 0.25) is 0 Å². The first kappa shape index (κ1) is 12.3. The molecule has 1 N–H and O–H groups in total. The highest BCUT2D eigenvalue weighted by Crippen LogP contribution is 2.36. The molecule has 1 aromatic rings. The molecule has 0 amide bonds. The van der Waals surface area contributed by atoms with Crippen molar-refractivity contribution >= 4 is 0 Å². The number of hydrogen-bond donors (Lipinski definition) is 1. The number of aliphatic hydroxyl groups is 1. The number of ether oxygens (including phenoxy) is 1. The number of hydrogen-bond acceptors (Lipinski definition) is 3. The van der Waals surface area contributed by atoms with Crippen molar-refractivity contribution in [3.8, 4) is 11.8 Å². The van der Waals surface area contributed by atoms with Gasteiger partial charge in [0.05, 0.1) is 23.8 Å². The van der Waals surface area contributed by atoms with Gasteiger partial charge < -0.3 is 9.84 Å². The lowest BCUT2D eigenvalue weighted by Gasteiger charge is -2.13. The van der Waals surface area contributed by atoms with Crippen LogP contribution in [0.15, 0.2) is 18.2 Å². The molecule has 0 saturated heterocycles. The van der Waals surface area contributed by atoms with Crippen LogP contribution in [0, 0.1) is 11.3 Å². The normalized spacial score (nSPS) is 10.9. The summed E-state index contributed by atoms with van der Waals surface area (Å²) in [5, 5.41) is 17.0. The van der Waals surface area contributed by atoms with Gasteiger partial charge in [0.25, 0.3) is 0 Å². The molecule has 16 heavy (non-hydrogen) atoms. The minimum atomic E-state index is -4.59. The molecular weight excluding hydrogens is 223 g/mol.